The number of ether oxygens (including phenoxy) is 2. The highest BCUT2D eigenvalue weighted by atomic mass is 31.2. The smallest absolute Gasteiger partial charge is 0.462 e. The van der Waals surface area contributed by atoms with Gasteiger partial charge in [-0.25, -0.2) is 4.57 Å². The molecule has 49 heavy (non-hydrogen) atoms. The molecule has 3 N–H and O–H groups in total. The van der Waals surface area contributed by atoms with Gasteiger partial charge in [-0.2, -0.15) is 0 Å². The van der Waals surface area contributed by atoms with Crippen LogP contribution in [0.5, 0.6) is 0 Å². The first kappa shape index (κ1) is 47.5. The van der Waals surface area contributed by atoms with E-state index in [9.17, 15) is 19.0 Å². The summed E-state index contributed by atoms with van der Waals surface area (Å²) in [5.41, 5.74) is 5.33. The Kier molecular flexibility index (Phi) is 35.2. The molecule has 0 aliphatic rings. The normalized spacial score (nSPS) is 13.6. The lowest BCUT2D eigenvalue weighted by Crippen LogP contribution is -2.29. The summed E-state index contributed by atoms with van der Waals surface area (Å²) in [4.78, 5) is 34.7. The van der Waals surface area contributed by atoms with Crippen LogP contribution in [-0.2, 0) is 32.7 Å². The predicted octanol–water partition coefficient (Wildman–Crippen LogP) is 10.8. The van der Waals surface area contributed by atoms with E-state index in [1.165, 1.54) is 83.5 Å². The largest absolute Gasteiger partial charge is 0.472 e. The van der Waals surface area contributed by atoms with E-state index in [0.717, 1.165) is 64.2 Å². The van der Waals surface area contributed by atoms with E-state index in [1.54, 1.807) is 0 Å². The van der Waals surface area contributed by atoms with Gasteiger partial charge in [0.25, 0.3) is 0 Å². The first-order valence-electron chi connectivity index (χ1n) is 19.8. The molecule has 9 nitrogen and oxygen atoms in total. The fraction of sp³-hybridized carbons (Fsp3) is 0.846. The van der Waals surface area contributed by atoms with E-state index in [1.807, 2.05) is 0 Å². The maximum absolute atomic E-state index is 12.5. The van der Waals surface area contributed by atoms with Crippen LogP contribution in [0.2, 0.25) is 0 Å². The van der Waals surface area contributed by atoms with Gasteiger partial charge in [-0.05, 0) is 64.2 Å². The Balaban J connectivity index is 4.22. The number of nitrogens with two attached hydrogens (primary N) is 1. The van der Waals surface area contributed by atoms with E-state index < -0.39 is 32.5 Å². The zero-order chi connectivity index (χ0) is 36.1. The van der Waals surface area contributed by atoms with Crippen molar-refractivity contribution in [1.82, 2.24) is 0 Å². The molecule has 0 saturated carbocycles. The van der Waals surface area contributed by atoms with E-state index in [0.29, 0.717) is 6.42 Å². The van der Waals surface area contributed by atoms with Gasteiger partial charge in [-0.15, -0.1) is 0 Å². The maximum atomic E-state index is 12.5. The fourth-order valence-electron chi connectivity index (χ4n) is 5.33. The molecule has 0 rings (SSSR count). The third-order valence-electron chi connectivity index (χ3n) is 8.31. The van der Waals surface area contributed by atoms with Crippen molar-refractivity contribution in [2.45, 2.75) is 187 Å². The molecule has 2 atom stereocenters. The average Bonchev–Trinajstić information content (AvgIpc) is 3.08. The first-order valence-corrected chi connectivity index (χ1v) is 21.3. The Morgan fingerprint density at radius 2 is 1.00 bits per heavy atom. The molecule has 0 bridgehead atoms. The molecule has 1 unspecified atom stereocenters. The monoisotopic (exact) mass is 716 g/mol. The lowest BCUT2D eigenvalue weighted by atomic mass is 10.1. The number of hydrogen-bond donors (Lipinski definition) is 2. The fourth-order valence-corrected chi connectivity index (χ4v) is 6.09. The van der Waals surface area contributed by atoms with Crippen molar-refractivity contribution < 1.29 is 37.6 Å². The molecule has 0 heterocycles. The van der Waals surface area contributed by atoms with E-state index >= 15 is 0 Å². The molecule has 0 aromatic rings. The van der Waals surface area contributed by atoms with Crippen molar-refractivity contribution in [3.63, 3.8) is 0 Å². The summed E-state index contributed by atoms with van der Waals surface area (Å²) in [6.07, 6.45) is 36.3. The standard InChI is InChI=1S/C39H74NO8P/c1-3-5-7-9-11-13-15-17-18-20-22-24-26-28-30-32-39(42)48-37(36-47-49(43,44)46-34-33-40)35-45-38(41)31-29-27-25-23-21-19-16-14-12-10-8-6-4-2/h13-16,37H,3-12,17-36,40H2,1-2H3,(H,43,44)/t37-/m1/s1. The van der Waals surface area contributed by atoms with E-state index in [2.05, 4.69) is 38.2 Å². The maximum Gasteiger partial charge on any atom is 0.472 e. The predicted molar refractivity (Wildman–Crippen MR) is 201 cm³/mol. The second kappa shape index (κ2) is 36.3. The van der Waals surface area contributed by atoms with Gasteiger partial charge >= 0.3 is 19.8 Å². The van der Waals surface area contributed by atoms with E-state index in [-0.39, 0.29) is 32.6 Å². The summed E-state index contributed by atoms with van der Waals surface area (Å²) in [5, 5.41) is 0. The SMILES string of the molecule is CCCCCCC=CCCCCCCCCCC(=O)O[C@H](COC(=O)CCCCCCCC=CCCCCCC)COP(=O)(O)OCCN. The Labute approximate surface area is 300 Å². The molecule has 288 valence electrons. The van der Waals surface area contributed by atoms with Crippen molar-refractivity contribution in [3.8, 4) is 0 Å². The highest BCUT2D eigenvalue weighted by molar-refractivity contribution is 7.47. The number of carbonyl (C=O) groups is 2. The number of allylic oxidation sites excluding steroid dienone is 4. The molecule has 0 saturated heterocycles. The minimum Gasteiger partial charge on any atom is -0.462 e. The first-order chi connectivity index (χ1) is 23.8. The van der Waals surface area contributed by atoms with Crippen molar-refractivity contribution in [1.29, 1.82) is 0 Å². The Morgan fingerprint density at radius 1 is 0.592 bits per heavy atom. The highest BCUT2D eigenvalue weighted by Crippen LogP contribution is 2.43. The van der Waals surface area contributed by atoms with Gasteiger partial charge in [-0.1, -0.05) is 128 Å². The molecule has 0 spiro atoms. The third-order valence-corrected chi connectivity index (χ3v) is 9.29. The number of esters is 2. The van der Waals surface area contributed by atoms with Gasteiger partial charge in [0.15, 0.2) is 6.10 Å². The minimum absolute atomic E-state index is 0.0524. The molecular weight excluding hydrogens is 641 g/mol. The molecule has 10 heteroatoms. The van der Waals surface area contributed by atoms with Crippen LogP contribution in [0.15, 0.2) is 24.3 Å². The quantitative estimate of drug-likeness (QED) is 0.0279. The number of unbranched alkanes of at least 4 members (excludes halogenated alkanes) is 20. The zero-order valence-corrected chi connectivity index (χ0v) is 32.3. The van der Waals surface area contributed by atoms with Crippen LogP contribution in [-0.4, -0.2) is 49.3 Å². The molecular formula is C39H74NO8P. The summed E-state index contributed by atoms with van der Waals surface area (Å²) in [6.45, 7) is 3.68. The lowest BCUT2D eigenvalue weighted by molar-refractivity contribution is -0.161. The number of phosphoric ester groups is 1. The van der Waals surface area contributed by atoms with Crippen LogP contribution in [0.3, 0.4) is 0 Å². The van der Waals surface area contributed by atoms with Crippen molar-refractivity contribution in [2.75, 3.05) is 26.4 Å². The Morgan fingerprint density at radius 3 is 1.45 bits per heavy atom. The summed E-state index contributed by atoms with van der Waals surface area (Å²) in [5.74, 6) is -0.842. The van der Waals surface area contributed by atoms with Crippen LogP contribution < -0.4 is 5.73 Å². The molecule has 0 aromatic carbocycles. The number of phosphoric acid groups is 1. The molecule has 0 radical (unpaired) electrons. The van der Waals surface area contributed by atoms with Crippen LogP contribution >= 0.6 is 7.82 Å². The van der Waals surface area contributed by atoms with E-state index in [4.69, 9.17) is 24.3 Å². The van der Waals surface area contributed by atoms with Gasteiger partial charge in [0.1, 0.15) is 6.61 Å². The molecule has 0 aliphatic carbocycles. The minimum atomic E-state index is -4.37. The summed E-state index contributed by atoms with van der Waals surface area (Å²) in [7, 11) is -4.37. The zero-order valence-electron chi connectivity index (χ0n) is 31.4. The second-order valence-electron chi connectivity index (χ2n) is 13.1. The number of carbonyl (C=O) groups excluding carboxylic acids is 2. The van der Waals surface area contributed by atoms with Crippen molar-refractivity contribution in [2.24, 2.45) is 5.73 Å². The van der Waals surface area contributed by atoms with Crippen LogP contribution in [0, 0.1) is 0 Å². The van der Waals surface area contributed by atoms with Crippen molar-refractivity contribution in [3.05, 3.63) is 24.3 Å². The summed E-state index contributed by atoms with van der Waals surface area (Å²) >= 11 is 0. The van der Waals surface area contributed by atoms with Crippen LogP contribution in [0.4, 0.5) is 0 Å². The molecule has 0 aliphatic heterocycles. The van der Waals surface area contributed by atoms with Gasteiger partial charge < -0.3 is 20.1 Å². The number of rotatable bonds is 37. The average molecular weight is 716 g/mol. The summed E-state index contributed by atoms with van der Waals surface area (Å²) < 4.78 is 32.7. The van der Waals surface area contributed by atoms with Crippen LogP contribution in [0.1, 0.15) is 181 Å². The number of hydrogen-bond acceptors (Lipinski definition) is 8. The topological polar surface area (TPSA) is 134 Å². The molecule has 0 amide bonds. The van der Waals surface area contributed by atoms with Crippen LogP contribution in [0.25, 0.3) is 0 Å². The van der Waals surface area contributed by atoms with Gasteiger partial charge in [0, 0.05) is 19.4 Å². The molecule has 0 aromatic heterocycles. The highest BCUT2D eigenvalue weighted by Gasteiger charge is 2.25. The summed E-state index contributed by atoms with van der Waals surface area (Å²) in [6, 6.07) is 0. The lowest BCUT2D eigenvalue weighted by Gasteiger charge is -2.19. The Hall–Kier alpha value is -1.51. The van der Waals surface area contributed by atoms with Crippen molar-refractivity contribution >= 4 is 19.8 Å². The van der Waals surface area contributed by atoms with Gasteiger partial charge in [0.2, 0.25) is 0 Å². The Bertz CT molecular complexity index is 866. The second-order valence-corrected chi connectivity index (χ2v) is 14.6. The van der Waals surface area contributed by atoms with Gasteiger partial charge in [0.05, 0.1) is 13.2 Å². The molecule has 0 fully saturated rings. The van der Waals surface area contributed by atoms with Gasteiger partial charge in [-0.3, -0.25) is 18.6 Å². The third kappa shape index (κ3) is 36.1.